The molecule has 1 heterocycles. The summed E-state index contributed by atoms with van der Waals surface area (Å²) in [4.78, 5) is 4.60. The number of hydrogen-bond acceptors (Lipinski definition) is 4. The van der Waals surface area contributed by atoms with Gasteiger partial charge >= 0.3 is 0 Å². The van der Waals surface area contributed by atoms with Crippen molar-refractivity contribution in [2.75, 3.05) is 46.0 Å². The lowest BCUT2D eigenvalue weighted by atomic mass is 10.1. The van der Waals surface area contributed by atoms with Crippen LogP contribution in [0.4, 0.5) is 0 Å². The predicted molar refractivity (Wildman–Crippen MR) is 104 cm³/mol. The van der Waals surface area contributed by atoms with Crippen LogP contribution in [0, 0.1) is 0 Å². The van der Waals surface area contributed by atoms with E-state index in [2.05, 4.69) is 49.9 Å². The highest BCUT2D eigenvalue weighted by molar-refractivity contribution is 7.89. The molecule has 25 heavy (non-hydrogen) atoms. The molecule has 5 nitrogen and oxygen atoms in total. The predicted octanol–water partition coefficient (Wildman–Crippen LogP) is 1.91. The Hall–Kier alpha value is -0.950. The first kappa shape index (κ1) is 20.4. The second kappa shape index (κ2) is 9.12. The zero-order valence-electron chi connectivity index (χ0n) is 16.1. The summed E-state index contributed by atoms with van der Waals surface area (Å²) < 4.78 is 27.2. The quantitative estimate of drug-likeness (QED) is 0.704. The fourth-order valence-corrected chi connectivity index (χ4v) is 5.18. The Labute approximate surface area is 153 Å². The number of sulfonamides is 1. The van der Waals surface area contributed by atoms with Gasteiger partial charge in [-0.25, -0.2) is 8.42 Å². The van der Waals surface area contributed by atoms with E-state index < -0.39 is 10.0 Å². The highest BCUT2D eigenvalue weighted by Crippen LogP contribution is 2.19. The van der Waals surface area contributed by atoms with Gasteiger partial charge in [0.05, 0.1) is 5.75 Å². The van der Waals surface area contributed by atoms with E-state index in [4.69, 9.17) is 0 Å². The summed E-state index contributed by atoms with van der Waals surface area (Å²) in [5.41, 5.74) is 1.20. The normalized spacial score (nSPS) is 23.2. The second-order valence-corrected chi connectivity index (χ2v) is 9.55. The minimum absolute atomic E-state index is 0.235. The van der Waals surface area contributed by atoms with E-state index in [0.717, 1.165) is 19.5 Å². The van der Waals surface area contributed by atoms with Crippen molar-refractivity contribution in [3.63, 3.8) is 0 Å². The largest absolute Gasteiger partial charge is 0.308 e. The third-order valence-electron chi connectivity index (χ3n) is 4.98. The van der Waals surface area contributed by atoms with E-state index in [1.54, 1.807) is 4.31 Å². The molecule has 1 aliphatic heterocycles. The second-order valence-electron chi connectivity index (χ2n) is 7.46. The average Bonchev–Trinajstić information content (AvgIpc) is 2.54. The maximum Gasteiger partial charge on any atom is 0.214 e. The van der Waals surface area contributed by atoms with Crippen LogP contribution in [0.5, 0.6) is 0 Å². The van der Waals surface area contributed by atoms with Gasteiger partial charge in [-0.2, -0.15) is 4.31 Å². The van der Waals surface area contributed by atoms with Gasteiger partial charge in [-0.15, -0.1) is 0 Å². The Morgan fingerprint density at radius 1 is 1.08 bits per heavy atom. The summed E-state index contributed by atoms with van der Waals surface area (Å²) in [6.07, 6.45) is 1.49. The first-order valence-corrected chi connectivity index (χ1v) is 10.8. The molecule has 1 aliphatic rings. The monoisotopic (exact) mass is 367 g/mol. The van der Waals surface area contributed by atoms with Crippen molar-refractivity contribution in [3.8, 4) is 0 Å². The van der Waals surface area contributed by atoms with Crippen LogP contribution in [-0.2, 0) is 16.4 Å². The highest BCUT2D eigenvalue weighted by Gasteiger charge is 2.34. The Morgan fingerprint density at radius 2 is 1.68 bits per heavy atom. The topological polar surface area (TPSA) is 43.9 Å². The van der Waals surface area contributed by atoms with Crippen LogP contribution in [0.15, 0.2) is 30.3 Å². The lowest BCUT2D eigenvalue weighted by Gasteiger charge is -2.44. The molecule has 1 fully saturated rings. The van der Waals surface area contributed by atoms with Gasteiger partial charge in [-0.3, -0.25) is 4.90 Å². The van der Waals surface area contributed by atoms with Gasteiger partial charge in [0.2, 0.25) is 10.0 Å². The van der Waals surface area contributed by atoms with Gasteiger partial charge in [-0.05, 0) is 46.3 Å². The minimum atomic E-state index is -3.18. The lowest BCUT2D eigenvalue weighted by Crippen LogP contribution is -2.59. The molecule has 0 aromatic heterocycles. The molecule has 0 saturated carbocycles. The van der Waals surface area contributed by atoms with Crippen molar-refractivity contribution < 1.29 is 8.42 Å². The molecule has 0 bridgehead atoms. The fraction of sp³-hybridized carbons (Fsp3) is 0.684. The Kier molecular flexibility index (Phi) is 7.43. The van der Waals surface area contributed by atoms with Gasteiger partial charge in [-0.1, -0.05) is 30.3 Å². The fourth-order valence-electron chi connectivity index (χ4n) is 3.52. The molecule has 0 amide bonds. The Bertz CT molecular complexity index is 607. The molecular formula is C19H33N3O2S. The number of benzene rings is 1. The summed E-state index contributed by atoms with van der Waals surface area (Å²) in [6.45, 7) is 7.46. The molecule has 2 rings (SSSR count). The number of hydrogen-bond donors (Lipinski definition) is 0. The number of piperazine rings is 1. The molecule has 142 valence electrons. The van der Waals surface area contributed by atoms with Crippen molar-refractivity contribution in [1.82, 2.24) is 14.1 Å². The Balaban J connectivity index is 1.87. The molecule has 2 unspecified atom stereocenters. The van der Waals surface area contributed by atoms with Crippen LogP contribution in [0.1, 0.15) is 25.8 Å². The van der Waals surface area contributed by atoms with Crippen LogP contribution in [0.3, 0.4) is 0 Å². The minimum Gasteiger partial charge on any atom is -0.308 e. The first-order valence-electron chi connectivity index (χ1n) is 9.22. The summed E-state index contributed by atoms with van der Waals surface area (Å²) in [5, 5.41) is 0. The van der Waals surface area contributed by atoms with Crippen molar-refractivity contribution in [3.05, 3.63) is 35.9 Å². The van der Waals surface area contributed by atoms with Crippen LogP contribution >= 0.6 is 0 Å². The zero-order valence-corrected chi connectivity index (χ0v) is 16.9. The standard InChI is InChI=1S/C19H33N3O2S/c1-17-15-21(16-18(2)22(17)13-12-20(3)4)25(23,24)14-8-11-19-9-6-5-7-10-19/h5-7,9-10,17-18H,8,11-16H2,1-4H3. The van der Waals surface area contributed by atoms with Crippen LogP contribution in [0.2, 0.25) is 0 Å². The van der Waals surface area contributed by atoms with Crippen molar-refractivity contribution in [1.29, 1.82) is 0 Å². The lowest BCUT2D eigenvalue weighted by molar-refractivity contribution is 0.0708. The van der Waals surface area contributed by atoms with E-state index >= 15 is 0 Å². The third kappa shape index (κ3) is 6.06. The van der Waals surface area contributed by atoms with Crippen LogP contribution < -0.4 is 0 Å². The maximum absolute atomic E-state index is 12.7. The van der Waals surface area contributed by atoms with Crippen molar-refractivity contribution >= 4 is 10.0 Å². The summed E-state index contributed by atoms with van der Waals surface area (Å²) in [6, 6.07) is 10.6. The van der Waals surface area contributed by atoms with E-state index in [-0.39, 0.29) is 17.8 Å². The van der Waals surface area contributed by atoms with Crippen LogP contribution in [0.25, 0.3) is 0 Å². The number of likely N-dealkylation sites (N-methyl/N-ethyl adjacent to an activating group) is 1. The van der Waals surface area contributed by atoms with Crippen molar-refractivity contribution in [2.24, 2.45) is 0 Å². The smallest absolute Gasteiger partial charge is 0.214 e. The summed E-state index contributed by atoms with van der Waals surface area (Å²) in [7, 11) is 0.967. The van der Waals surface area contributed by atoms with E-state index in [1.807, 2.05) is 18.2 Å². The van der Waals surface area contributed by atoms with Crippen molar-refractivity contribution in [2.45, 2.75) is 38.8 Å². The first-order chi connectivity index (χ1) is 11.8. The molecule has 0 aliphatic carbocycles. The Morgan fingerprint density at radius 3 is 2.24 bits per heavy atom. The summed E-state index contributed by atoms with van der Waals surface area (Å²) in [5.74, 6) is 0.235. The van der Waals surface area contributed by atoms with Gasteiger partial charge in [0.1, 0.15) is 0 Å². The average molecular weight is 368 g/mol. The van der Waals surface area contributed by atoms with E-state index in [9.17, 15) is 8.42 Å². The number of aryl methyl sites for hydroxylation is 1. The number of rotatable bonds is 8. The highest BCUT2D eigenvalue weighted by atomic mass is 32.2. The van der Waals surface area contributed by atoms with Crippen LogP contribution in [-0.4, -0.2) is 80.6 Å². The summed E-state index contributed by atoms with van der Waals surface area (Å²) >= 11 is 0. The van der Waals surface area contributed by atoms with Gasteiger partial charge in [0.15, 0.2) is 0 Å². The van der Waals surface area contributed by atoms with Gasteiger partial charge in [0, 0.05) is 38.3 Å². The number of nitrogens with zero attached hydrogens (tertiary/aromatic N) is 3. The molecule has 0 N–H and O–H groups in total. The molecule has 0 spiro atoms. The van der Waals surface area contributed by atoms with Gasteiger partial charge < -0.3 is 4.90 Å². The molecule has 0 radical (unpaired) electrons. The maximum atomic E-state index is 12.7. The molecule has 2 atom stereocenters. The van der Waals surface area contributed by atoms with E-state index in [0.29, 0.717) is 19.5 Å². The van der Waals surface area contributed by atoms with E-state index in [1.165, 1.54) is 5.56 Å². The van der Waals surface area contributed by atoms with Gasteiger partial charge in [0.25, 0.3) is 0 Å². The molecule has 1 aromatic carbocycles. The molecule has 1 aromatic rings. The molecule has 1 saturated heterocycles. The molecule has 6 heteroatoms. The molecular weight excluding hydrogens is 334 g/mol. The SMILES string of the molecule is CC1CN(S(=O)(=O)CCCc2ccccc2)CC(C)N1CCN(C)C. The zero-order chi connectivity index (χ0) is 18.4. The third-order valence-corrected chi connectivity index (χ3v) is 6.87.